The Hall–Kier alpha value is -5.54. The van der Waals surface area contributed by atoms with E-state index in [4.69, 9.17) is 27.1 Å². The van der Waals surface area contributed by atoms with Crippen molar-refractivity contribution in [2.45, 2.75) is 6.42 Å². The van der Waals surface area contributed by atoms with Crippen molar-refractivity contribution in [1.29, 1.82) is 0 Å². The van der Waals surface area contributed by atoms with Gasteiger partial charge in [0.25, 0.3) is 0 Å². The van der Waals surface area contributed by atoms with Gasteiger partial charge in [0.15, 0.2) is 5.11 Å². The zero-order chi connectivity index (χ0) is 28.9. The maximum Gasteiger partial charge on any atom is 0.234 e. The molecule has 0 unspecified atom stereocenters. The summed E-state index contributed by atoms with van der Waals surface area (Å²) in [7, 11) is 0. The van der Waals surface area contributed by atoms with Gasteiger partial charge in [0.2, 0.25) is 17.5 Å². The molecule has 0 aliphatic rings. The molecule has 0 aliphatic carbocycles. The molecule has 4 N–H and O–H groups in total. The maximum atomic E-state index is 12.3. The predicted octanol–water partition coefficient (Wildman–Crippen LogP) is 6.99. The van der Waals surface area contributed by atoms with E-state index in [0.717, 1.165) is 22.3 Å². The summed E-state index contributed by atoms with van der Waals surface area (Å²) in [6, 6.07) is 34.0. The van der Waals surface area contributed by atoms with Crippen molar-refractivity contribution in [3.05, 3.63) is 121 Å². The maximum absolute atomic E-state index is 12.3. The van der Waals surface area contributed by atoms with Gasteiger partial charge in [0, 0.05) is 22.5 Å². The van der Waals surface area contributed by atoms with Gasteiger partial charge in [-0.2, -0.15) is 0 Å². The summed E-state index contributed by atoms with van der Waals surface area (Å²) in [5.74, 6) is 1.33. The molecule has 0 atom stereocenters. The second kappa shape index (κ2) is 11.9. The minimum atomic E-state index is -0.197. The highest BCUT2D eigenvalue weighted by Crippen LogP contribution is 2.44. The number of benzene rings is 4. The zero-order valence-corrected chi connectivity index (χ0v) is 23.1. The minimum Gasteiger partial charge on any atom is -0.438 e. The lowest BCUT2D eigenvalue weighted by Crippen LogP contribution is -2.35. The summed E-state index contributed by atoms with van der Waals surface area (Å²) >= 11 is 5.32. The molecule has 0 radical (unpaired) electrons. The van der Waals surface area contributed by atoms with Crippen molar-refractivity contribution in [1.82, 2.24) is 15.3 Å². The smallest absolute Gasteiger partial charge is 0.234 e. The number of nitrogens with zero attached hydrogens (tertiary/aromatic N) is 2. The van der Waals surface area contributed by atoms with Crippen LogP contribution in [0.3, 0.4) is 0 Å². The number of ether oxygens (including phenoxy) is 1. The van der Waals surface area contributed by atoms with Gasteiger partial charge in [-0.1, -0.05) is 72.8 Å². The first-order valence-electron chi connectivity index (χ1n) is 13.1. The van der Waals surface area contributed by atoms with Crippen LogP contribution in [0.15, 0.2) is 120 Å². The Kier molecular flexibility index (Phi) is 7.56. The predicted molar refractivity (Wildman–Crippen MR) is 168 cm³/mol. The molecule has 0 saturated carbocycles. The van der Waals surface area contributed by atoms with E-state index < -0.39 is 0 Å². The second-order valence-corrected chi connectivity index (χ2v) is 9.86. The summed E-state index contributed by atoms with van der Waals surface area (Å²) in [6.45, 7) is 0. The van der Waals surface area contributed by atoms with E-state index in [9.17, 15) is 4.79 Å². The molecule has 0 saturated heterocycles. The van der Waals surface area contributed by atoms with E-state index in [1.807, 2.05) is 84.9 Å². The second-order valence-electron chi connectivity index (χ2n) is 9.45. The Morgan fingerprint density at radius 2 is 1.57 bits per heavy atom. The molecule has 0 spiro atoms. The summed E-state index contributed by atoms with van der Waals surface area (Å²) < 4.78 is 12.5. The quantitative estimate of drug-likeness (QED) is 0.139. The van der Waals surface area contributed by atoms with Crippen molar-refractivity contribution in [2.75, 3.05) is 11.1 Å². The van der Waals surface area contributed by atoms with Crippen LogP contribution in [0.1, 0.15) is 5.56 Å². The summed E-state index contributed by atoms with van der Waals surface area (Å²) in [5, 5.41) is 6.58. The van der Waals surface area contributed by atoms with Gasteiger partial charge in [-0.3, -0.25) is 4.79 Å². The molecule has 2 aromatic heterocycles. The number of hydrogen-bond acceptors (Lipinski definition) is 7. The topological polar surface area (TPSA) is 115 Å². The highest BCUT2D eigenvalue weighted by Gasteiger charge is 2.23. The largest absolute Gasteiger partial charge is 0.438 e. The lowest BCUT2D eigenvalue weighted by molar-refractivity contribution is -0.119. The minimum absolute atomic E-state index is 0.197. The molecule has 4 aromatic carbocycles. The van der Waals surface area contributed by atoms with Crippen molar-refractivity contribution in [3.8, 4) is 34.1 Å². The average molecular weight is 572 g/mol. The van der Waals surface area contributed by atoms with Crippen LogP contribution < -0.4 is 21.1 Å². The Morgan fingerprint density at radius 1 is 0.857 bits per heavy atom. The Balaban J connectivity index is 1.24. The molecule has 0 bridgehead atoms. The standard InChI is InChI=1S/C33H25N5O3S/c34-24-13-7-12-23(19-24)28-29-31(35-20-36-32(29)41-30(28)22-10-5-2-6-11-22)40-26-16-14-25(15-17-26)37-33(42)38-27(39)18-21-8-3-1-4-9-21/h1-17,19-20H,18,34H2,(H2,37,38,39,42). The molecule has 2 heterocycles. The highest BCUT2D eigenvalue weighted by molar-refractivity contribution is 7.80. The molecule has 206 valence electrons. The van der Waals surface area contributed by atoms with E-state index in [2.05, 4.69) is 20.6 Å². The molecule has 8 nitrogen and oxygen atoms in total. The van der Waals surface area contributed by atoms with Gasteiger partial charge in [-0.15, -0.1) is 0 Å². The number of anilines is 2. The number of hydrogen-bond donors (Lipinski definition) is 3. The molecule has 6 rings (SSSR count). The Bertz CT molecular complexity index is 1870. The van der Waals surface area contributed by atoms with Gasteiger partial charge >= 0.3 is 0 Å². The van der Waals surface area contributed by atoms with Crippen LogP contribution in [0.5, 0.6) is 11.6 Å². The van der Waals surface area contributed by atoms with Gasteiger partial charge in [-0.05, 0) is 59.7 Å². The monoisotopic (exact) mass is 571 g/mol. The van der Waals surface area contributed by atoms with Gasteiger partial charge in [0.1, 0.15) is 23.2 Å². The van der Waals surface area contributed by atoms with Gasteiger partial charge < -0.3 is 25.5 Å². The van der Waals surface area contributed by atoms with Crippen molar-refractivity contribution in [3.63, 3.8) is 0 Å². The molecule has 0 fully saturated rings. The van der Waals surface area contributed by atoms with Crippen LogP contribution in [0, 0.1) is 0 Å². The molecule has 42 heavy (non-hydrogen) atoms. The SMILES string of the molecule is Nc1cccc(-c2c(-c3ccccc3)oc3ncnc(Oc4ccc(NC(=S)NC(=O)Cc5ccccc5)cc4)c23)c1. The van der Waals surface area contributed by atoms with Crippen molar-refractivity contribution in [2.24, 2.45) is 0 Å². The lowest BCUT2D eigenvalue weighted by atomic mass is 9.99. The number of nitrogen functional groups attached to an aromatic ring is 1. The first-order valence-corrected chi connectivity index (χ1v) is 13.6. The van der Waals surface area contributed by atoms with E-state index >= 15 is 0 Å². The summed E-state index contributed by atoms with van der Waals surface area (Å²) in [6.07, 6.45) is 1.64. The fraction of sp³-hybridized carbons (Fsp3) is 0.0303. The molecule has 9 heteroatoms. The van der Waals surface area contributed by atoms with Crippen molar-refractivity contribution >= 4 is 45.7 Å². The van der Waals surface area contributed by atoms with E-state index in [-0.39, 0.29) is 17.4 Å². The fourth-order valence-electron chi connectivity index (χ4n) is 4.58. The number of amides is 1. The first-order chi connectivity index (χ1) is 20.5. The average Bonchev–Trinajstić information content (AvgIpc) is 3.40. The molecular weight excluding hydrogens is 546 g/mol. The Morgan fingerprint density at radius 3 is 2.31 bits per heavy atom. The van der Waals surface area contributed by atoms with Gasteiger partial charge in [-0.25, -0.2) is 9.97 Å². The van der Waals surface area contributed by atoms with Crippen LogP contribution in [0.4, 0.5) is 11.4 Å². The van der Waals surface area contributed by atoms with Crippen molar-refractivity contribution < 1.29 is 13.9 Å². The third-order valence-corrected chi connectivity index (χ3v) is 6.66. The van der Waals surface area contributed by atoms with Crippen LogP contribution >= 0.6 is 12.2 Å². The number of nitrogens with two attached hydrogens (primary N) is 1. The number of carbonyl (C=O) groups excluding carboxylic acids is 1. The van der Waals surface area contributed by atoms with Crippen LogP contribution in [0.2, 0.25) is 0 Å². The lowest BCUT2D eigenvalue weighted by Gasteiger charge is -2.11. The molecule has 6 aromatic rings. The number of nitrogens with one attached hydrogen (secondary N) is 2. The third-order valence-electron chi connectivity index (χ3n) is 6.45. The third kappa shape index (κ3) is 5.96. The zero-order valence-electron chi connectivity index (χ0n) is 22.3. The highest BCUT2D eigenvalue weighted by atomic mass is 32.1. The van der Waals surface area contributed by atoms with Crippen LogP contribution in [-0.4, -0.2) is 21.0 Å². The normalized spacial score (nSPS) is 10.8. The summed E-state index contributed by atoms with van der Waals surface area (Å²) in [5.41, 5.74) is 11.3. The van der Waals surface area contributed by atoms with Gasteiger partial charge in [0.05, 0.1) is 6.42 Å². The summed E-state index contributed by atoms with van der Waals surface area (Å²) in [4.78, 5) is 21.2. The van der Waals surface area contributed by atoms with E-state index in [0.29, 0.717) is 39.9 Å². The van der Waals surface area contributed by atoms with E-state index in [1.54, 1.807) is 24.3 Å². The fourth-order valence-corrected chi connectivity index (χ4v) is 4.81. The van der Waals surface area contributed by atoms with Crippen LogP contribution in [-0.2, 0) is 11.2 Å². The number of rotatable bonds is 7. The van der Waals surface area contributed by atoms with Crippen LogP contribution in [0.25, 0.3) is 33.6 Å². The number of thiocarbonyl (C=S) groups is 1. The van der Waals surface area contributed by atoms with E-state index in [1.165, 1.54) is 6.33 Å². The first kappa shape index (κ1) is 26.7. The molecular formula is C33H25N5O3S. The number of fused-ring (bicyclic) bond motifs is 1. The molecule has 0 aliphatic heterocycles. The number of aromatic nitrogens is 2. The number of carbonyl (C=O) groups is 1. The Labute approximate surface area is 247 Å². The molecule has 1 amide bonds. The number of furan rings is 1.